The van der Waals surface area contributed by atoms with Crippen molar-refractivity contribution < 1.29 is 4.79 Å². The lowest BCUT2D eigenvalue weighted by Crippen LogP contribution is -2.12. The van der Waals surface area contributed by atoms with E-state index in [4.69, 9.17) is 11.6 Å². The molecule has 0 aromatic carbocycles. The van der Waals surface area contributed by atoms with Gasteiger partial charge in [-0.25, -0.2) is 0 Å². The van der Waals surface area contributed by atoms with Crippen molar-refractivity contribution in [2.24, 2.45) is 11.3 Å². The Labute approximate surface area is 83.5 Å². The minimum atomic E-state index is -0.0949. The number of halogens is 1. The maximum atomic E-state index is 10.9. The molecule has 0 unspecified atom stereocenters. The first-order chi connectivity index (χ1) is 6.18. The third-order valence-corrected chi connectivity index (χ3v) is 3.59. The Morgan fingerprint density at radius 3 is 2.69 bits per heavy atom. The SMILES string of the molecule is C[C@@H]1CC(C2(C=O)CC2)=CC=C1Cl. The average molecular weight is 197 g/mol. The summed E-state index contributed by atoms with van der Waals surface area (Å²) >= 11 is 5.97. The van der Waals surface area contributed by atoms with E-state index in [1.807, 2.05) is 12.2 Å². The highest BCUT2D eigenvalue weighted by atomic mass is 35.5. The summed E-state index contributed by atoms with van der Waals surface area (Å²) in [6.07, 6.45) is 8.09. The molecule has 13 heavy (non-hydrogen) atoms. The van der Waals surface area contributed by atoms with Gasteiger partial charge in [-0.15, -0.1) is 0 Å². The van der Waals surface area contributed by atoms with Crippen LogP contribution in [0.25, 0.3) is 0 Å². The summed E-state index contributed by atoms with van der Waals surface area (Å²) in [4.78, 5) is 10.9. The Hall–Kier alpha value is -0.560. The summed E-state index contributed by atoms with van der Waals surface area (Å²) in [6.45, 7) is 2.10. The Morgan fingerprint density at radius 1 is 1.54 bits per heavy atom. The first kappa shape index (κ1) is 9.01. The van der Waals surface area contributed by atoms with Gasteiger partial charge >= 0.3 is 0 Å². The van der Waals surface area contributed by atoms with E-state index in [1.165, 1.54) is 5.57 Å². The quantitative estimate of drug-likeness (QED) is 0.621. The fourth-order valence-corrected chi connectivity index (χ4v) is 2.00. The second-order valence-corrected chi connectivity index (χ2v) is 4.56. The lowest BCUT2D eigenvalue weighted by Gasteiger charge is -2.21. The number of hydrogen-bond acceptors (Lipinski definition) is 1. The molecule has 70 valence electrons. The van der Waals surface area contributed by atoms with Crippen molar-refractivity contribution in [2.75, 3.05) is 0 Å². The molecule has 0 N–H and O–H groups in total. The smallest absolute Gasteiger partial charge is 0.130 e. The third-order valence-electron chi connectivity index (χ3n) is 3.09. The number of aldehydes is 1. The van der Waals surface area contributed by atoms with Crippen LogP contribution < -0.4 is 0 Å². The summed E-state index contributed by atoms with van der Waals surface area (Å²) in [5.41, 5.74) is 1.18. The van der Waals surface area contributed by atoms with E-state index >= 15 is 0 Å². The van der Waals surface area contributed by atoms with Crippen LogP contribution in [0.4, 0.5) is 0 Å². The van der Waals surface area contributed by atoms with Crippen LogP contribution in [0.2, 0.25) is 0 Å². The molecule has 2 heteroatoms. The Balaban J connectivity index is 2.23. The molecule has 0 aliphatic heterocycles. The number of allylic oxidation sites excluding steroid dienone is 4. The van der Waals surface area contributed by atoms with Crippen LogP contribution in [0.1, 0.15) is 26.2 Å². The predicted octanol–water partition coefficient (Wildman–Crippen LogP) is 3.05. The standard InChI is InChI=1S/C11H13ClO/c1-8-6-9(2-3-10(8)12)11(7-13)4-5-11/h2-3,7-8H,4-6H2,1H3/t8-/m1/s1. The average Bonchev–Trinajstić information content (AvgIpc) is 2.90. The van der Waals surface area contributed by atoms with E-state index in [0.717, 1.165) is 30.6 Å². The van der Waals surface area contributed by atoms with Crippen LogP contribution in [0.15, 0.2) is 22.8 Å². The van der Waals surface area contributed by atoms with Crippen molar-refractivity contribution in [3.8, 4) is 0 Å². The maximum absolute atomic E-state index is 10.9. The number of hydrogen-bond donors (Lipinski definition) is 0. The molecular formula is C11H13ClO. The molecule has 2 aliphatic rings. The van der Waals surface area contributed by atoms with Gasteiger partial charge in [0, 0.05) is 10.4 Å². The van der Waals surface area contributed by atoms with Gasteiger partial charge in [-0.2, -0.15) is 0 Å². The fraction of sp³-hybridized carbons (Fsp3) is 0.545. The van der Waals surface area contributed by atoms with Gasteiger partial charge in [0.25, 0.3) is 0 Å². The van der Waals surface area contributed by atoms with Crippen molar-refractivity contribution in [1.82, 2.24) is 0 Å². The summed E-state index contributed by atoms with van der Waals surface area (Å²) < 4.78 is 0. The molecule has 0 bridgehead atoms. The van der Waals surface area contributed by atoms with Crippen LogP contribution in [-0.4, -0.2) is 6.29 Å². The molecule has 1 fully saturated rings. The first-order valence-electron chi connectivity index (χ1n) is 4.71. The second-order valence-electron chi connectivity index (χ2n) is 4.12. The van der Waals surface area contributed by atoms with Crippen LogP contribution in [-0.2, 0) is 4.79 Å². The van der Waals surface area contributed by atoms with Crippen molar-refractivity contribution in [1.29, 1.82) is 0 Å². The van der Waals surface area contributed by atoms with Gasteiger partial charge < -0.3 is 4.79 Å². The zero-order valence-electron chi connectivity index (χ0n) is 7.72. The zero-order valence-corrected chi connectivity index (χ0v) is 8.47. The summed E-state index contributed by atoms with van der Waals surface area (Å²) in [6, 6.07) is 0. The highest BCUT2D eigenvalue weighted by molar-refractivity contribution is 6.30. The van der Waals surface area contributed by atoms with Crippen molar-refractivity contribution in [3.63, 3.8) is 0 Å². The van der Waals surface area contributed by atoms with Crippen molar-refractivity contribution in [2.45, 2.75) is 26.2 Å². The van der Waals surface area contributed by atoms with E-state index in [1.54, 1.807) is 0 Å². The maximum Gasteiger partial charge on any atom is 0.130 e. The summed E-state index contributed by atoms with van der Waals surface area (Å²) in [7, 11) is 0. The minimum Gasteiger partial charge on any atom is -0.302 e. The monoisotopic (exact) mass is 196 g/mol. The highest BCUT2D eigenvalue weighted by Gasteiger charge is 2.46. The van der Waals surface area contributed by atoms with Gasteiger partial charge in [0.15, 0.2) is 0 Å². The van der Waals surface area contributed by atoms with Crippen molar-refractivity contribution in [3.05, 3.63) is 22.8 Å². The van der Waals surface area contributed by atoms with Crippen molar-refractivity contribution >= 4 is 17.9 Å². The molecule has 0 radical (unpaired) electrons. The molecular weight excluding hydrogens is 184 g/mol. The van der Waals surface area contributed by atoms with Crippen LogP contribution in [0.5, 0.6) is 0 Å². The molecule has 0 spiro atoms. The molecule has 1 atom stereocenters. The summed E-state index contributed by atoms with van der Waals surface area (Å²) in [5, 5.41) is 0.908. The highest BCUT2D eigenvalue weighted by Crippen LogP contribution is 2.53. The van der Waals surface area contributed by atoms with Gasteiger partial charge in [0.05, 0.1) is 0 Å². The first-order valence-corrected chi connectivity index (χ1v) is 5.09. The normalized spacial score (nSPS) is 30.5. The topological polar surface area (TPSA) is 17.1 Å². The van der Waals surface area contributed by atoms with Crippen LogP contribution in [0.3, 0.4) is 0 Å². The van der Waals surface area contributed by atoms with E-state index < -0.39 is 0 Å². The fourth-order valence-electron chi connectivity index (χ4n) is 1.86. The van der Waals surface area contributed by atoms with Gasteiger partial charge in [0.1, 0.15) is 6.29 Å². The van der Waals surface area contributed by atoms with E-state index in [-0.39, 0.29) is 5.41 Å². The lowest BCUT2D eigenvalue weighted by molar-refractivity contribution is -0.111. The molecule has 0 aromatic rings. The van der Waals surface area contributed by atoms with E-state index in [2.05, 4.69) is 6.92 Å². The Morgan fingerprint density at radius 2 is 2.23 bits per heavy atom. The van der Waals surface area contributed by atoms with Gasteiger partial charge in [-0.1, -0.05) is 30.2 Å². The Kier molecular flexibility index (Phi) is 2.07. The van der Waals surface area contributed by atoms with Gasteiger partial charge in [-0.05, 0) is 31.3 Å². The van der Waals surface area contributed by atoms with Crippen LogP contribution >= 0.6 is 11.6 Å². The van der Waals surface area contributed by atoms with Crippen LogP contribution in [0, 0.1) is 11.3 Å². The van der Waals surface area contributed by atoms with E-state index in [9.17, 15) is 4.79 Å². The molecule has 0 heterocycles. The summed E-state index contributed by atoms with van der Waals surface area (Å²) in [5.74, 6) is 0.388. The van der Waals surface area contributed by atoms with Gasteiger partial charge in [-0.3, -0.25) is 0 Å². The molecule has 0 saturated heterocycles. The largest absolute Gasteiger partial charge is 0.302 e. The molecule has 2 aliphatic carbocycles. The molecule has 2 rings (SSSR count). The Bertz CT molecular complexity index is 297. The second kappa shape index (κ2) is 2.98. The van der Waals surface area contributed by atoms with Gasteiger partial charge in [0.2, 0.25) is 0 Å². The molecule has 1 nitrogen and oxygen atoms in total. The minimum absolute atomic E-state index is 0.0949. The molecule has 1 saturated carbocycles. The number of rotatable bonds is 2. The zero-order chi connectivity index (χ0) is 9.47. The predicted molar refractivity (Wildman–Crippen MR) is 53.5 cm³/mol. The lowest BCUT2D eigenvalue weighted by atomic mass is 9.86. The van der Waals surface area contributed by atoms with E-state index in [0.29, 0.717) is 5.92 Å². The molecule has 0 amide bonds. The molecule has 0 aromatic heterocycles. The third kappa shape index (κ3) is 1.46. The number of carbonyl (C=O) groups excluding carboxylic acids is 1. The number of carbonyl (C=O) groups is 1.